The molecule has 1 rings (SSSR count). The van der Waals surface area contributed by atoms with E-state index in [0.717, 1.165) is 19.0 Å². The van der Waals surface area contributed by atoms with Crippen LogP contribution in [0.3, 0.4) is 0 Å². The van der Waals surface area contributed by atoms with Crippen LogP contribution in [0.2, 0.25) is 0 Å². The van der Waals surface area contributed by atoms with Crippen LogP contribution in [0.5, 0.6) is 11.5 Å². The standard InChI is InChI=1S/C14H19NO4/c1-3-9-18-13-6-5-12(7-8-15(16)17)11-14(13)19-10-4-2/h5-8,11H,3-4,9-10H2,1-2H3/b8-7+. The number of benzene rings is 1. The monoisotopic (exact) mass is 265 g/mol. The third-order valence-corrected chi connectivity index (χ3v) is 2.28. The largest absolute Gasteiger partial charge is 0.490 e. The molecule has 0 spiro atoms. The molecule has 19 heavy (non-hydrogen) atoms. The molecule has 1 aromatic carbocycles. The second kappa shape index (κ2) is 8.13. The number of rotatable bonds is 8. The minimum Gasteiger partial charge on any atom is -0.490 e. The SMILES string of the molecule is CCCOc1ccc(/C=C/[N+](=O)[O-])cc1OCCC. The molecule has 0 aliphatic heterocycles. The third-order valence-electron chi connectivity index (χ3n) is 2.28. The number of ether oxygens (including phenoxy) is 2. The topological polar surface area (TPSA) is 61.6 Å². The fourth-order valence-electron chi connectivity index (χ4n) is 1.43. The quantitative estimate of drug-likeness (QED) is 0.533. The van der Waals surface area contributed by atoms with Gasteiger partial charge in [0.15, 0.2) is 11.5 Å². The lowest BCUT2D eigenvalue weighted by atomic mass is 10.2. The lowest BCUT2D eigenvalue weighted by Gasteiger charge is -2.12. The van der Waals surface area contributed by atoms with Crippen LogP contribution in [0.25, 0.3) is 6.08 Å². The van der Waals surface area contributed by atoms with Crippen molar-refractivity contribution in [2.45, 2.75) is 26.7 Å². The van der Waals surface area contributed by atoms with Crippen LogP contribution in [-0.4, -0.2) is 18.1 Å². The summed E-state index contributed by atoms with van der Waals surface area (Å²) in [6.07, 6.45) is 4.15. The molecule has 0 aliphatic carbocycles. The Labute approximate surface area is 113 Å². The van der Waals surface area contributed by atoms with Crippen molar-refractivity contribution in [3.8, 4) is 11.5 Å². The molecule has 0 heterocycles. The van der Waals surface area contributed by atoms with Crippen molar-refractivity contribution in [1.29, 1.82) is 0 Å². The number of nitro groups is 1. The summed E-state index contributed by atoms with van der Waals surface area (Å²) in [6.45, 7) is 5.25. The van der Waals surface area contributed by atoms with Crippen molar-refractivity contribution in [2.24, 2.45) is 0 Å². The van der Waals surface area contributed by atoms with Crippen LogP contribution in [0.15, 0.2) is 24.4 Å². The van der Waals surface area contributed by atoms with E-state index in [1.54, 1.807) is 18.2 Å². The molecule has 0 radical (unpaired) electrons. The van der Waals surface area contributed by atoms with Crippen molar-refractivity contribution < 1.29 is 14.4 Å². The first-order valence-corrected chi connectivity index (χ1v) is 6.38. The first-order chi connectivity index (χ1) is 9.17. The molecular weight excluding hydrogens is 246 g/mol. The van der Waals surface area contributed by atoms with Crippen LogP contribution in [-0.2, 0) is 0 Å². The van der Waals surface area contributed by atoms with E-state index in [2.05, 4.69) is 0 Å². The van der Waals surface area contributed by atoms with Crippen molar-refractivity contribution in [2.75, 3.05) is 13.2 Å². The normalized spacial score (nSPS) is 10.6. The van der Waals surface area contributed by atoms with Gasteiger partial charge in [-0.3, -0.25) is 10.1 Å². The van der Waals surface area contributed by atoms with Gasteiger partial charge in [0, 0.05) is 6.08 Å². The highest BCUT2D eigenvalue weighted by atomic mass is 16.6. The molecule has 0 N–H and O–H groups in total. The molecule has 104 valence electrons. The zero-order chi connectivity index (χ0) is 14.1. The maximum atomic E-state index is 10.3. The molecule has 0 fully saturated rings. The molecule has 0 unspecified atom stereocenters. The Hall–Kier alpha value is -2.04. The fourth-order valence-corrected chi connectivity index (χ4v) is 1.43. The summed E-state index contributed by atoms with van der Waals surface area (Å²) in [7, 11) is 0. The van der Waals surface area contributed by atoms with Crippen LogP contribution in [0.4, 0.5) is 0 Å². The maximum Gasteiger partial charge on any atom is 0.235 e. The van der Waals surface area contributed by atoms with Crippen molar-refractivity contribution in [1.82, 2.24) is 0 Å². The van der Waals surface area contributed by atoms with Crippen molar-refractivity contribution >= 4 is 6.08 Å². The molecule has 5 heteroatoms. The van der Waals surface area contributed by atoms with Crippen molar-refractivity contribution in [3.63, 3.8) is 0 Å². The van der Waals surface area contributed by atoms with E-state index in [9.17, 15) is 10.1 Å². The predicted octanol–water partition coefficient (Wildman–Crippen LogP) is 3.51. The molecule has 1 aromatic rings. The zero-order valence-electron chi connectivity index (χ0n) is 11.3. The Morgan fingerprint density at radius 3 is 2.37 bits per heavy atom. The van der Waals surface area contributed by atoms with Crippen LogP contribution < -0.4 is 9.47 Å². The molecule has 0 atom stereocenters. The highest BCUT2D eigenvalue weighted by Gasteiger charge is 2.06. The van der Waals surface area contributed by atoms with Crippen LogP contribution >= 0.6 is 0 Å². The molecule has 0 saturated carbocycles. The summed E-state index contributed by atoms with van der Waals surface area (Å²) in [6, 6.07) is 5.30. The van der Waals surface area contributed by atoms with Gasteiger partial charge in [0.2, 0.25) is 6.20 Å². The summed E-state index contributed by atoms with van der Waals surface area (Å²) in [4.78, 5) is 9.81. The molecular formula is C14H19NO4. The van der Waals surface area contributed by atoms with Gasteiger partial charge in [-0.05, 0) is 30.5 Å². The first-order valence-electron chi connectivity index (χ1n) is 6.38. The highest BCUT2D eigenvalue weighted by molar-refractivity contribution is 5.55. The Morgan fingerprint density at radius 2 is 1.79 bits per heavy atom. The minimum atomic E-state index is -0.492. The smallest absolute Gasteiger partial charge is 0.235 e. The highest BCUT2D eigenvalue weighted by Crippen LogP contribution is 2.29. The lowest BCUT2D eigenvalue weighted by molar-refractivity contribution is -0.400. The van der Waals surface area contributed by atoms with E-state index in [1.165, 1.54) is 6.08 Å². The summed E-state index contributed by atoms with van der Waals surface area (Å²) < 4.78 is 11.2. The molecule has 0 saturated heterocycles. The first kappa shape index (κ1) is 15.0. The molecule has 0 aromatic heterocycles. The molecule has 5 nitrogen and oxygen atoms in total. The van der Waals surface area contributed by atoms with Gasteiger partial charge in [0.1, 0.15) is 0 Å². The average Bonchev–Trinajstić information content (AvgIpc) is 2.41. The number of hydrogen-bond donors (Lipinski definition) is 0. The number of hydrogen-bond acceptors (Lipinski definition) is 4. The van der Waals surface area contributed by atoms with E-state index in [4.69, 9.17) is 9.47 Å². The van der Waals surface area contributed by atoms with Crippen LogP contribution in [0.1, 0.15) is 32.3 Å². The van der Waals surface area contributed by atoms with Gasteiger partial charge < -0.3 is 9.47 Å². The average molecular weight is 265 g/mol. The molecule has 0 aliphatic rings. The summed E-state index contributed by atoms with van der Waals surface area (Å²) >= 11 is 0. The van der Waals surface area contributed by atoms with Gasteiger partial charge in [-0.15, -0.1) is 0 Å². The fraction of sp³-hybridized carbons (Fsp3) is 0.429. The Balaban J connectivity index is 2.89. The van der Waals surface area contributed by atoms with Gasteiger partial charge in [-0.2, -0.15) is 0 Å². The van der Waals surface area contributed by atoms with E-state index in [0.29, 0.717) is 30.3 Å². The second-order valence-electron chi connectivity index (χ2n) is 4.00. The lowest BCUT2D eigenvalue weighted by Crippen LogP contribution is -2.01. The zero-order valence-corrected chi connectivity index (χ0v) is 11.3. The van der Waals surface area contributed by atoms with E-state index in [1.807, 2.05) is 13.8 Å². The van der Waals surface area contributed by atoms with Gasteiger partial charge in [-0.25, -0.2) is 0 Å². The Bertz CT molecular complexity index is 443. The van der Waals surface area contributed by atoms with E-state index in [-0.39, 0.29) is 0 Å². The van der Waals surface area contributed by atoms with Gasteiger partial charge in [-0.1, -0.05) is 19.9 Å². The Kier molecular flexibility index (Phi) is 6.43. The summed E-state index contributed by atoms with van der Waals surface area (Å²) in [5, 5.41) is 10.3. The van der Waals surface area contributed by atoms with Crippen LogP contribution in [0, 0.1) is 10.1 Å². The van der Waals surface area contributed by atoms with Crippen molar-refractivity contribution in [3.05, 3.63) is 40.1 Å². The predicted molar refractivity (Wildman–Crippen MR) is 74.0 cm³/mol. The Morgan fingerprint density at radius 1 is 1.16 bits per heavy atom. The van der Waals surface area contributed by atoms with Gasteiger partial charge >= 0.3 is 0 Å². The third kappa shape index (κ3) is 5.42. The molecule has 0 bridgehead atoms. The number of nitrogens with zero attached hydrogens (tertiary/aromatic N) is 1. The second-order valence-corrected chi connectivity index (χ2v) is 4.00. The van der Waals surface area contributed by atoms with E-state index >= 15 is 0 Å². The van der Waals surface area contributed by atoms with Gasteiger partial charge in [0.05, 0.1) is 18.1 Å². The summed E-state index contributed by atoms with van der Waals surface area (Å²) in [5.74, 6) is 1.30. The minimum absolute atomic E-state index is 0.492. The molecule has 0 amide bonds. The summed E-state index contributed by atoms with van der Waals surface area (Å²) in [5.41, 5.74) is 0.714. The van der Waals surface area contributed by atoms with Gasteiger partial charge in [0.25, 0.3) is 0 Å². The van der Waals surface area contributed by atoms with E-state index < -0.39 is 4.92 Å². The maximum absolute atomic E-state index is 10.3.